The summed E-state index contributed by atoms with van der Waals surface area (Å²) >= 11 is 7.36. The topological polar surface area (TPSA) is 79.1 Å². The predicted molar refractivity (Wildman–Crippen MR) is 156 cm³/mol. The second kappa shape index (κ2) is 11.9. The van der Waals surface area contributed by atoms with Crippen molar-refractivity contribution in [2.75, 3.05) is 14.2 Å². The Morgan fingerprint density at radius 1 is 1.05 bits per heavy atom. The van der Waals surface area contributed by atoms with Gasteiger partial charge in [0.25, 0.3) is 5.56 Å². The van der Waals surface area contributed by atoms with Gasteiger partial charge in [0.1, 0.15) is 6.61 Å². The largest absolute Gasteiger partial charge is 0.493 e. The van der Waals surface area contributed by atoms with Crippen LogP contribution in [0.2, 0.25) is 5.02 Å². The van der Waals surface area contributed by atoms with E-state index in [4.69, 9.17) is 30.8 Å². The molecule has 9 heteroatoms. The molecule has 0 radical (unpaired) electrons. The van der Waals surface area contributed by atoms with E-state index < -0.39 is 12.0 Å². The number of thiazole rings is 1. The molecule has 1 atom stereocenters. The van der Waals surface area contributed by atoms with E-state index in [0.29, 0.717) is 50.2 Å². The van der Waals surface area contributed by atoms with Crippen molar-refractivity contribution in [2.45, 2.75) is 26.0 Å². The molecule has 3 aromatic carbocycles. The van der Waals surface area contributed by atoms with Crippen molar-refractivity contribution in [2.24, 2.45) is 4.99 Å². The highest BCUT2D eigenvalue weighted by Gasteiger charge is 2.33. The Hall–Kier alpha value is -4.14. The second-order valence-corrected chi connectivity index (χ2v) is 10.5. The van der Waals surface area contributed by atoms with Gasteiger partial charge in [0.2, 0.25) is 0 Å². The lowest BCUT2D eigenvalue weighted by Gasteiger charge is -2.25. The van der Waals surface area contributed by atoms with Gasteiger partial charge in [-0.2, -0.15) is 0 Å². The lowest BCUT2D eigenvalue weighted by Crippen LogP contribution is -2.40. The maximum atomic E-state index is 13.8. The average Bonchev–Trinajstić information content (AvgIpc) is 3.29. The zero-order valence-electron chi connectivity index (χ0n) is 22.2. The summed E-state index contributed by atoms with van der Waals surface area (Å²) in [6.07, 6.45) is 2.31. The molecule has 1 aliphatic rings. The summed E-state index contributed by atoms with van der Waals surface area (Å²) in [5.74, 6) is 0.606. The van der Waals surface area contributed by atoms with Gasteiger partial charge in [0.05, 0.1) is 36.1 Å². The van der Waals surface area contributed by atoms with Crippen LogP contribution in [-0.2, 0) is 16.1 Å². The standard InChI is InChI=1S/C31H27ClN2O5S/c1-4-23-27(30(36)38-3)28(21-10-6-5-7-11-21)34-29(35)26(40-31(34)33-23)17-19-13-14-24(25(16-19)37-2)39-18-20-9-8-12-22(32)15-20/h5-17,28H,4,18H2,1-3H3/b26-17+/t28-/m1/s1. The highest BCUT2D eigenvalue weighted by molar-refractivity contribution is 7.07. The molecular weight excluding hydrogens is 548 g/mol. The summed E-state index contributed by atoms with van der Waals surface area (Å²) in [5.41, 5.74) is 3.24. The number of ether oxygens (including phenoxy) is 3. The van der Waals surface area contributed by atoms with Gasteiger partial charge < -0.3 is 14.2 Å². The van der Waals surface area contributed by atoms with Crippen LogP contribution in [-0.4, -0.2) is 24.8 Å². The number of benzene rings is 3. The van der Waals surface area contributed by atoms with E-state index in [1.807, 2.05) is 79.7 Å². The molecule has 2 heterocycles. The van der Waals surface area contributed by atoms with Crippen LogP contribution in [0.3, 0.4) is 0 Å². The van der Waals surface area contributed by atoms with Crippen LogP contribution in [0, 0.1) is 0 Å². The number of methoxy groups -OCH3 is 2. The van der Waals surface area contributed by atoms with Crippen molar-refractivity contribution < 1.29 is 19.0 Å². The number of carbonyl (C=O) groups excluding carboxylic acids is 1. The zero-order valence-corrected chi connectivity index (χ0v) is 23.8. The maximum Gasteiger partial charge on any atom is 0.338 e. The normalized spacial score (nSPS) is 14.9. The zero-order chi connectivity index (χ0) is 28.2. The van der Waals surface area contributed by atoms with Crippen LogP contribution in [0.1, 0.15) is 36.1 Å². The van der Waals surface area contributed by atoms with Crippen molar-refractivity contribution >= 4 is 35.0 Å². The van der Waals surface area contributed by atoms with Gasteiger partial charge in [-0.1, -0.05) is 78.4 Å². The lowest BCUT2D eigenvalue weighted by molar-refractivity contribution is -0.136. The number of carbonyl (C=O) groups is 1. The van der Waals surface area contributed by atoms with E-state index in [9.17, 15) is 9.59 Å². The van der Waals surface area contributed by atoms with E-state index in [0.717, 1.165) is 16.7 Å². The minimum Gasteiger partial charge on any atom is -0.493 e. The number of hydrogen-bond acceptors (Lipinski definition) is 7. The van der Waals surface area contributed by atoms with E-state index in [-0.39, 0.29) is 5.56 Å². The first-order chi connectivity index (χ1) is 19.4. The molecule has 40 heavy (non-hydrogen) atoms. The number of esters is 1. The Morgan fingerprint density at radius 2 is 1.85 bits per heavy atom. The average molecular weight is 575 g/mol. The predicted octanol–water partition coefficient (Wildman–Crippen LogP) is 5.04. The van der Waals surface area contributed by atoms with Gasteiger partial charge in [0, 0.05) is 5.02 Å². The Balaban J connectivity index is 1.55. The summed E-state index contributed by atoms with van der Waals surface area (Å²) in [7, 11) is 2.91. The number of halogens is 1. The van der Waals surface area contributed by atoms with E-state index in [1.165, 1.54) is 18.4 Å². The SMILES string of the molecule is CCC1=C(C(=O)OC)[C@@H](c2ccccc2)n2c(s/c(=C/c3ccc(OCc4cccc(Cl)c4)c(OC)c3)c2=O)=N1. The van der Waals surface area contributed by atoms with Gasteiger partial charge in [-0.05, 0) is 53.5 Å². The first-order valence-electron chi connectivity index (χ1n) is 12.7. The highest BCUT2D eigenvalue weighted by atomic mass is 35.5. The number of rotatable bonds is 8. The molecule has 4 aromatic rings. The fraction of sp³-hybridized carbons (Fsp3) is 0.194. The Bertz CT molecular complexity index is 1780. The molecule has 0 amide bonds. The quantitative estimate of drug-likeness (QED) is 0.276. The first kappa shape index (κ1) is 27.4. The van der Waals surface area contributed by atoms with Crippen molar-refractivity contribution in [3.05, 3.63) is 125 Å². The fourth-order valence-corrected chi connectivity index (χ4v) is 5.88. The van der Waals surface area contributed by atoms with Crippen molar-refractivity contribution in [1.29, 1.82) is 0 Å². The van der Waals surface area contributed by atoms with E-state index in [2.05, 4.69) is 0 Å². The molecule has 0 unspecified atom stereocenters. The highest BCUT2D eigenvalue weighted by Crippen LogP contribution is 2.32. The molecule has 1 aromatic heterocycles. The molecule has 0 N–H and O–H groups in total. The monoisotopic (exact) mass is 574 g/mol. The first-order valence-corrected chi connectivity index (χ1v) is 13.9. The van der Waals surface area contributed by atoms with E-state index >= 15 is 0 Å². The van der Waals surface area contributed by atoms with Crippen molar-refractivity contribution in [3.8, 4) is 11.5 Å². The number of hydrogen-bond donors (Lipinski definition) is 0. The summed E-state index contributed by atoms with van der Waals surface area (Å²) in [6.45, 7) is 2.26. The van der Waals surface area contributed by atoms with Crippen LogP contribution in [0.5, 0.6) is 11.5 Å². The smallest absolute Gasteiger partial charge is 0.338 e. The minimum atomic E-state index is -0.640. The molecule has 0 spiro atoms. The van der Waals surface area contributed by atoms with Crippen molar-refractivity contribution in [3.63, 3.8) is 0 Å². The fourth-order valence-electron chi connectivity index (χ4n) is 4.65. The molecule has 0 bridgehead atoms. The summed E-state index contributed by atoms with van der Waals surface area (Å²) < 4.78 is 18.7. The third-order valence-electron chi connectivity index (χ3n) is 6.53. The molecule has 204 valence electrons. The van der Waals surface area contributed by atoms with Crippen molar-refractivity contribution in [1.82, 2.24) is 4.57 Å². The molecular formula is C31H27ClN2O5S. The molecule has 0 fully saturated rings. The molecule has 0 saturated heterocycles. The Kier molecular flexibility index (Phi) is 8.19. The third-order valence-corrected chi connectivity index (χ3v) is 7.75. The van der Waals surface area contributed by atoms with Crippen LogP contribution >= 0.6 is 22.9 Å². The van der Waals surface area contributed by atoms with Gasteiger partial charge >= 0.3 is 5.97 Å². The summed E-state index contributed by atoms with van der Waals surface area (Å²) in [4.78, 5) is 31.9. The minimum absolute atomic E-state index is 0.241. The lowest BCUT2D eigenvalue weighted by atomic mass is 9.95. The number of aromatic nitrogens is 1. The Morgan fingerprint density at radius 3 is 2.55 bits per heavy atom. The summed E-state index contributed by atoms with van der Waals surface area (Å²) in [5, 5.41) is 0.643. The van der Waals surface area contributed by atoms with Gasteiger partial charge in [-0.25, -0.2) is 9.79 Å². The van der Waals surface area contributed by atoms with Gasteiger partial charge in [-0.15, -0.1) is 0 Å². The molecule has 1 aliphatic heterocycles. The maximum absolute atomic E-state index is 13.8. The second-order valence-electron chi connectivity index (χ2n) is 9.03. The molecule has 0 saturated carbocycles. The summed E-state index contributed by atoms with van der Waals surface area (Å²) in [6, 6.07) is 21.8. The Labute approximate surface area is 240 Å². The number of allylic oxidation sites excluding steroid dienone is 1. The molecule has 7 nitrogen and oxygen atoms in total. The van der Waals surface area contributed by atoms with Crippen LogP contribution in [0.4, 0.5) is 0 Å². The van der Waals surface area contributed by atoms with Gasteiger partial charge in [0.15, 0.2) is 16.3 Å². The van der Waals surface area contributed by atoms with Crippen LogP contribution < -0.4 is 24.4 Å². The van der Waals surface area contributed by atoms with Crippen LogP contribution in [0.25, 0.3) is 6.08 Å². The number of fused-ring (bicyclic) bond motifs is 1. The van der Waals surface area contributed by atoms with E-state index in [1.54, 1.807) is 17.8 Å². The molecule has 0 aliphatic carbocycles. The third kappa shape index (κ3) is 5.46. The molecule has 5 rings (SSSR count). The number of nitrogens with zero attached hydrogens (tertiary/aromatic N) is 2. The van der Waals surface area contributed by atoms with Gasteiger partial charge in [-0.3, -0.25) is 9.36 Å². The van der Waals surface area contributed by atoms with Crippen LogP contribution in [0.15, 0.2) is 93.9 Å².